The summed E-state index contributed by atoms with van der Waals surface area (Å²) in [6.45, 7) is 4.16. The second-order valence-electron chi connectivity index (χ2n) is 5.74. The summed E-state index contributed by atoms with van der Waals surface area (Å²) in [4.78, 5) is 14.4. The molecule has 21 heavy (non-hydrogen) atoms. The molecule has 2 rings (SSSR count). The standard InChI is InChI=1S/C16H25N3O2/c1-12-7-8-19(13(9-12)10-17)11-16(20)18-14-5-3-4-6-15(14)21-2/h3-6,12-13H,7-11,17H2,1-2H3,(H,18,20). The minimum atomic E-state index is -0.0208. The average molecular weight is 291 g/mol. The second-order valence-corrected chi connectivity index (χ2v) is 5.74. The minimum Gasteiger partial charge on any atom is -0.495 e. The van der Waals surface area contributed by atoms with Gasteiger partial charge in [0.2, 0.25) is 5.91 Å². The fourth-order valence-corrected chi connectivity index (χ4v) is 2.88. The van der Waals surface area contributed by atoms with Crippen molar-refractivity contribution in [3.05, 3.63) is 24.3 Å². The van der Waals surface area contributed by atoms with Gasteiger partial charge in [-0.15, -0.1) is 0 Å². The molecule has 1 aliphatic rings. The third kappa shape index (κ3) is 4.19. The van der Waals surface area contributed by atoms with E-state index in [1.807, 2.05) is 24.3 Å². The Balaban J connectivity index is 1.95. The Hall–Kier alpha value is -1.59. The predicted octanol–water partition coefficient (Wildman–Crippen LogP) is 1.69. The van der Waals surface area contributed by atoms with E-state index in [9.17, 15) is 4.79 Å². The molecule has 0 radical (unpaired) electrons. The van der Waals surface area contributed by atoms with E-state index >= 15 is 0 Å². The smallest absolute Gasteiger partial charge is 0.238 e. The molecule has 0 bridgehead atoms. The normalized spacial score (nSPS) is 22.8. The Morgan fingerprint density at radius 2 is 2.24 bits per heavy atom. The molecule has 5 nitrogen and oxygen atoms in total. The highest BCUT2D eigenvalue weighted by atomic mass is 16.5. The molecule has 116 valence electrons. The monoisotopic (exact) mass is 291 g/mol. The van der Waals surface area contributed by atoms with E-state index in [1.165, 1.54) is 0 Å². The number of benzene rings is 1. The van der Waals surface area contributed by atoms with Crippen molar-refractivity contribution in [2.75, 3.05) is 32.1 Å². The van der Waals surface area contributed by atoms with Crippen molar-refractivity contribution in [3.63, 3.8) is 0 Å². The molecule has 2 unspecified atom stereocenters. The summed E-state index contributed by atoms with van der Waals surface area (Å²) in [6.07, 6.45) is 2.19. The lowest BCUT2D eigenvalue weighted by Crippen LogP contribution is -2.49. The largest absolute Gasteiger partial charge is 0.495 e. The van der Waals surface area contributed by atoms with Crippen LogP contribution in [0.3, 0.4) is 0 Å². The van der Waals surface area contributed by atoms with Gasteiger partial charge in [-0.05, 0) is 37.4 Å². The maximum Gasteiger partial charge on any atom is 0.238 e. The Labute approximate surface area is 126 Å². The number of nitrogens with one attached hydrogen (secondary N) is 1. The highest BCUT2D eigenvalue weighted by Gasteiger charge is 2.26. The zero-order valence-corrected chi connectivity index (χ0v) is 12.8. The lowest BCUT2D eigenvalue weighted by atomic mass is 9.92. The minimum absolute atomic E-state index is 0.0208. The van der Waals surface area contributed by atoms with E-state index in [-0.39, 0.29) is 5.91 Å². The quantitative estimate of drug-likeness (QED) is 0.866. The third-order valence-electron chi connectivity index (χ3n) is 4.10. The van der Waals surface area contributed by atoms with Gasteiger partial charge in [-0.3, -0.25) is 9.69 Å². The van der Waals surface area contributed by atoms with Crippen LogP contribution in [0.5, 0.6) is 5.75 Å². The van der Waals surface area contributed by atoms with Crippen LogP contribution in [0.4, 0.5) is 5.69 Å². The Bertz CT molecular complexity index is 478. The first-order valence-corrected chi connectivity index (χ1v) is 7.51. The lowest BCUT2D eigenvalue weighted by Gasteiger charge is -2.37. The molecule has 0 aliphatic carbocycles. The number of amides is 1. The zero-order valence-electron chi connectivity index (χ0n) is 12.8. The maximum atomic E-state index is 12.2. The van der Waals surface area contributed by atoms with Crippen molar-refractivity contribution in [2.45, 2.75) is 25.8 Å². The predicted molar refractivity (Wildman–Crippen MR) is 84.4 cm³/mol. The van der Waals surface area contributed by atoms with Gasteiger partial charge in [0.15, 0.2) is 0 Å². The first kappa shape index (κ1) is 15.8. The van der Waals surface area contributed by atoms with Crippen molar-refractivity contribution >= 4 is 11.6 Å². The first-order chi connectivity index (χ1) is 10.1. The molecule has 1 saturated heterocycles. The van der Waals surface area contributed by atoms with Gasteiger partial charge in [0.25, 0.3) is 0 Å². The van der Waals surface area contributed by atoms with Gasteiger partial charge < -0.3 is 15.8 Å². The van der Waals surface area contributed by atoms with Gasteiger partial charge in [0.05, 0.1) is 19.3 Å². The number of hydrogen-bond acceptors (Lipinski definition) is 4. The fraction of sp³-hybridized carbons (Fsp3) is 0.562. The molecule has 1 amide bonds. The fourth-order valence-electron chi connectivity index (χ4n) is 2.88. The van der Waals surface area contributed by atoms with Crippen LogP contribution in [0.2, 0.25) is 0 Å². The zero-order chi connectivity index (χ0) is 15.2. The van der Waals surface area contributed by atoms with E-state index in [0.29, 0.717) is 36.5 Å². The number of rotatable bonds is 5. The van der Waals surface area contributed by atoms with Crippen LogP contribution < -0.4 is 15.8 Å². The molecule has 1 aromatic carbocycles. The van der Waals surface area contributed by atoms with Gasteiger partial charge >= 0.3 is 0 Å². The number of ether oxygens (including phenoxy) is 1. The maximum absolute atomic E-state index is 12.2. The van der Waals surface area contributed by atoms with Crippen LogP contribution in [-0.2, 0) is 4.79 Å². The number of methoxy groups -OCH3 is 1. The first-order valence-electron chi connectivity index (χ1n) is 7.51. The van der Waals surface area contributed by atoms with Crippen molar-refractivity contribution in [2.24, 2.45) is 11.7 Å². The molecule has 3 N–H and O–H groups in total. The van der Waals surface area contributed by atoms with E-state index in [1.54, 1.807) is 7.11 Å². The number of carbonyl (C=O) groups is 1. The molecule has 0 spiro atoms. The number of para-hydroxylation sites is 2. The molecule has 2 atom stereocenters. The summed E-state index contributed by atoms with van der Waals surface area (Å²) >= 11 is 0. The summed E-state index contributed by atoms with van der Waals surface area (Å²) in [6, 6.07) is 7.74. The van der Waals surface area contributed by atoms with E-state index in [0.717, 1.165) is 19.4 Å². The van der Waals surface area contributed by atoms with E-state index in [4.69, 9.17) is 10.5 Å². The van der Waals surface area contributed by atoms with Crippen molar-refractivity contribution in [1.29, 1.82) is 0 Å². The number of piperidine rings is 1. The second kappa shape index (κ2) is 7.43. The average Bonchev–Trinajstić information content (AvgIpc) is 2.49. The summed E-state index contributed by atoms with van der Waals surface area (Å²) in [7, 11) is 1.60. The third-order valence-corrected chi connectivity index (χ3v) is 4.10. The summed E-state index contributed by atoms with van der Waals surface area (Å²) in [5.41, 5.74) is 6.54. The van der Waals surface area contributed by atoms with Crippen LogP contribution in [0.15, 0.2) is 24.3 Å². The lowest BCUT2D eigenvalue weighted by molar-refractivity contribution is -0.118. The van der Waals surface area contributed by atoms with Crippen molar-refractivity contribution in [1.82, 2.24) is 4.90 Å². The number of hydrogen-bond donors (Lipinski definition) is 2. The van der Waals surface area contributed by atoms with Gasteiger partial charge in [-0.1, -0.05) is 19.1 Å². The molecular weight excluding hydrogens is 266 g/mol. The van der Waals surface area contributed by atoms with Gasteiger partial charge in [0.1, 0.15) is 5.75 Å². The number of nitrogens with two attached hydrogens (primary N) is 1. The molecule has 0 aromatic heterocycles. The number of carbonyl (C=O) groups excluding carboxylic acids is 1. The summed E-state index contributed by atoms with van der Waals surface area (Å²) in [5, 5.41) is 2.92. The van der Waals surface area contributed by atoms with Gasteiger partial charge in [-0.25, -0.2) is 0 Å². The Kier molecular flexibility index (Phi) is 5.59. The molecule has 1 aromatic rings. The summed E-state index contributed by atoms with van der Waals surface area (Å²) < 4.78 is 5.24. The SMILES string of the molecule is COc1ccccc1NC(=O)CN1CCC(C)CC1CN. The van der Waals surface area contributed by atoms with Crippen molar-refractivity contribution < 1.29 is 9.53 Å². The van der Waals surface area contributed by atoms with Gasteiger partial charge in [-0.2, -0.15) is 0 Å². The number of likely N-dealkylation sites (tertiary alicyclic amines) is 1. The van der Waals surface area contributed by atoms with Crippen LogP contribution in [-0.4, -0.2) is 43.6 Å². The van der Waals surface area contributed by atoms with Gasteiger partial charge in [0, 0.05) is 12.6 Å². The Morgan fingerprint density at radius 1 is 1.48 bits per heavy atom. The Morgan fingerprint density at radius 3 is 2.95 bits per heavy atom. The topological polar surface area (TPSA) is 67.6 Å². The molecular formula is C16H25N3O2. The molecule has 1 fully saturated rings. The van der Waals surface area contributed by atoms with Crippen molar-refractivity contribution in [3.8, 4) is 5.75 Å². The number of anilines is 1. The molecule has 0 saturated carbocycles. The summed E-state index contributed by atoms with van der Waals surface area (Å²) in [5.74, 6) is 1.34. The number of nitrogens with zero attached hydrogens (tertiary/aromatic N) is 1. The van der Waals surface area contributed by atoms with Crippen LogP contribution in [0.1, 0.15) is 19.8 Å². The molecule has 1 heterocycles. The highest BCUT2D eigenvalue weighted by molar-refractivity contribution is 5.93. The molecule has 1 aliphatic heterocycles. The van der Waals surface area contributed by atoms with Crippen LogP contribution in [0.25, 0.3) is 0 Å². The van der Waals surface area contributed by atoms with Crippen LogP contribution in [0, 0.1) is 5.92 Å². The van der Waals surface area contributed by atoms with E-state index in [2.05, 4.69) is 17.1 Å². The van der Waals surface area contributed by atoms with E-state index < -0.39 is 0 Å². The highest BCUT2D eigenvalue weighted by Crippen LogP contribution is 2.24. The molecule has 5 heteroatoms. The van der Waals surface area contributed by atoms with Crippen LogP contribution >= 0.6 is 0 Å².